The molecule has 2 aromatic rings. The second-order valence-corrected chi connectivity index (χ2v) is 5.25. The molecule has 0 N–H and O–H groups in total. The lowest BCUT2D eigenvalue weighted by Crippen LogP contribution is -2.06. The molecule has 0 fully saturated rings. The molecule has 0 aliphatic heterocycles. The van der Waals surface area contributed by atoms with Crippen LogP contribution in [0.25, 0.3) is 6.08 Å². The van der Waals surface area contributed by atoms with Gasteiger partial charge in [0.1, 0.15) is 0 Å². The highest BCUT2D eigenvalue weighted by Crippen LogP contribution is 2.29. The number of benzene rings is 2. The molecule has 0 saturated heterocycles. The lowest BCUT2D eigenvalue weighted by Gasteiger charge is -2.07. The normalized spacial score (nSPS) is 11.8. The largest absolute Gasteiger partial charge is 0.416 e. The molecule has 0 atom stereocenters. The first-order valence-electron chi connectivity index (χ1n) is 6.01. The maximum absolute atomic E-state index is 12.6. The van der Waals surface area contributed by atoms with Crippen LogP contribution in [0.2, 0.25) is 0 Å². The Morgan fingerprint density at radius 2 is 1.76 bits per heavy atom. The van der Waals surface area contributed by atoms with Gasteiger partial charge >= 0.3 is 6.18 Å². The van der Waals surface area contributed by atoms with E-state index in [-0.39, 0.29) is 5.56 Å². The smallest absolute Gasteiger partial charge is 0.289 e. The zero-order chi connectivity index (χ0) is 15.5. The van der Waals surface area contributed by atoms with Crippen LogP contribution in [-0.4, -0.2) is 5.78 Å². The van der Waals surface area contributed by atoms with E-state index in [1.54, 1.807) is 24.3 Å². The topological polar surface area (TPSA) is 17.1 Å². The van der Waals surface area contributed by atoms with Crippen molar-refractivity contribution >= 4 is 27.8 Å². The summed E-state index contributed by atoms with van der Waals surface area (Å²) < 4.78 is 38.6. The van der Waals surface area contributed by atoms with Crippen molar-refractivity contribution in [2.75, 3.05) is 0 Å². The van der Waals surface area contributed by atoms with Crippen LogP contribution >= 0.6 is 15.9 Å². The van der Waals surface area contributed by atoms with E-state index in [1.165, 1.54) is 18.2 Å². The van der Waals surface area contributed by atoms with Gasteiger partial charge in [-0.05, 0) is 35.9 Å². The molecule has 0 aromatic heterocycles. The van der Waals surface area contributed by atoms with E-state index in [2.05, 4.69) is 15.9 Å². The van der Waals surface area contributed by atoms with Crippen molar-refractivity contribution in [1.82, 2.24) is 0 Å². The fourth-order valence-corrected chi connectivity index (χ4v) is 2.14. The van der Waals surface area contributed by atoms with Gasteiger partial charge in [-0.25, -0.2) is 0 Å². The van der Waals surface area contributed by atoms with E-state index in [4.69, 9.17) is 0 Å². The zero-order valence-corrected chi connectivity index (χ0v) is 12.3. The van der Waals surface area contributed by atoms with E-state index in [1.807, 2.05) is 6.07 Å². The van der Waals surface area contributed by atoms with Gasteiger partial charge in [-0.2, -0.15) is 13.2 Å². The molecule has 0 unspecified atom stereocenters. The standard InChI is InChI=1S/C16H10BrF3O/c17-14-6-1-3-11(9-14)7-8-15(21)12-4-2-5-13(10-12)16(18,19)20/h1-10H. The number of carbonyl (C=O) groups is 1. The van der Waals surface area contributed by atoms with Crippen LogP contribution < -0.4 is 0 Å². The van der Waals surface area contributed by atoms with Gasteiger partial charge in [0.15, 0.2) is 5.78 Å². The van der Waals surface area contributed by atoms with Crippen LogP contribution in [0.15, 0.2) is 59.1 Å². The van der Waals surface area contributed by atoms with Crippen molar-refractivity contribution in [2.24, 2.45) is 0 Å². The lowest BCUT2D eigenvalue weighted by molar-refractivity contribution is -0.137. The van der Waals surface area contributed by atoms with Crippen LogP contribution in [0.4, 0.5) is 13.2 Å². The molecule has 0 spiro atoms. The maximum atomic E-state index is 12.6. The summed E-state index contributed by atoms with van der Waals surface area (Å²) in [7, 11) is 0. The second kappa shape index (κ2) is 6.26. The number of rotatable bonds is 3. The molecule has 0 aliphatic carbocycles. The molecule has 1 nitrogen and oxygen atoms in total. The Hall–Kier alpha value is -1.88. The summed E-state index contributed by atoms with van der Waals surface area (Å²) in [6.07, 6.45) is -1.63. The second-order valence-electron chi connectivity index (χ2n) is 4.33. The third-order valence-electron chi connectivity index (χ3n) is 2.75. The van der Waals surface area contributed by atoms with Gasteiger partial charge in [0.25, 0.3) is 0 Å². The summed E-state index contributed by atoms with van der Waals surface area (Å²) >= 11 is 3.30. The number of alkyl halides is 3. The van der Waals surface area contributed by atoms with Crippen molar-refractivity contribution in [1.29, 1.82) is 0 Å². The van der Waals surface area contributed by atoms with Gasteiger partial charge in [0.2, 0.25) is 0 Å². The Balaban J connectivity index is 2.21. The number of ketones is 1. The van der Waals surface area contributed by atoms with Gasteiger partial charge in [-0.1, -0.05) is 46.3 Å². The summed E-state index contributed by atoms with van der Waals surface area (Å²) in [5, 5.41) is 0. The Morgan fingerprint density at radius 3 is 2.43 bits per heavy atom. The first-order chi connectivity index (χ1) is 9.86. The van der Waals surface area contributed by atoms with E-state index < -0.39 is 17.5 Å². The first kappa shape index (κ1) is 15.5. The molecule has 0 radical (unpaired) electrons. The van der Waals surface area contributed by atoms with Gasteiger partial charge in [0, 0.05) is 10.0 Å². The number of hydrogen-bond acceptors (Lipinski definition) is 1. The van der Waals surface area contributed by atoms with E-state index in [0.29, 0.717) is 0 Å². The first-order valence-corrected chi connectivity index (χ1v) is 6.81. The van der Waals surface area contributed by atoms with Gasteiger partial charge in [-0.15, -0.1) is 0 Å². The monoisotopic (exact) mass is 354 g/mol. The van der Waals surface area contributed by atoms with Crippen LogP contribution in [-0.2, 0) is 6.18 Å². The van der Waals surface area contributed by atoms with Crippen molar-refractivity contribution in [3.05, 3.63) is 75.8 Å². The molecule has 0 aliphatic rings. The highest BCUT2D eigenvalue weighted by molar-refractivity contribution is 9.10. The molecule has 0 heterocycles. The number of hydrogen-bond donors (Lipinski definition) is 0. The summed E-state index contributed by atoms with van der Waals surface area (Å²) in [6.45, 7) is 0. The van der Waals surface area contributed by atoms with E-state index in [0.717, 1.165) is 22.2 Å². The summed E-state index contributed by atoms with van der Waals surface area (Å²) in [5.74, 6) is -0.471. The number of halogens is 4. The molecular weight excluding hydrogens is 345 g/mol. The predicted molar refractivity (Wildman–Crippen MR) is 79.0 cm³/mol. The molecule has 2 rings (SSSR count). The molecule has 21 heavy (non-hydrogen) atoms. The third-order valence-corrected chi connectivity index (χ3v) is 3.24. The molecule has 2 aromatic carbocycles. The minimum atomic E-state index is -4.45. The molecular formula is C16H10BrF3O. The van der Waals surface area contributed by atoms with Crippen LogP contribution in [0.3, 0.4) is 0 Å². The highest BCUT2D eigenvalue weighted by atomic mass is 79.9. The van der Waals surface area contributed by atoms with Crippen LogP contribution in [0.1, 0.15) is 21.5 Å². The fourth-order valence-electron chi connectivity index (χ4n) is 1.73. The highest BCUT2D eigenvalue weighted by Gasteiger charge is 2.30. The predicted octanol–water partition coefficient (Wildman–Crippen LogP) is 5.36. The average molecular weight is 355 g/mol. The Morgan fingerprint density at radius 1 is 1.05 bits per heavy atom. The molecule has 0 bridgehead atoms. The minimum absolute atomic E-state index is 0.0103. The Labute approximate surface area is 128 Å². The Bertz CT molecular complexity index is 690. The van der Waals surface area contributed by atoms with Gasteiger partial charge in [0.05, 0.1) is 5.56 Å². The van der Waals surface area contributed by atoms with Crippen LogP contribution in [0, 0.1) is 0 Å². The van der Waals surface area contributed by atoms with E-state index in [9.17, 15) is 18.0 Å². The molecule has 108 valence electrons. The Kier molecular flexibility index (Phi) is 4.63. The quantitative estimate of drug-likeness (QED) is 0.535. The van der Waals surface area contributed by atoms with Gasteiger partial charge in [-0.3, -0.25) is 4.79 Å². The molecule has 5 heteroatoms. The average Bonchev–Trinajstić information content (AvgIpc) is 2.44. The number of allylic oxidation sites excluding steroid dienone is 1. The third kappa shape index (κ3) is 4.29. The summed E-state index contributed by atoms with van der Waals surface area (Å²) in [6, 6.07) is 11.6. The lowest BCUT2D eigenvalue weighted by atomic mass is 10.1. The van der Waals surface area contributed by atoms with Crippen molar-refractivity contribution in [3.8, 4) is 0 Å². The number of carbonyl (C=O) groups excluding carboxylic acids is 1. The SMILES string of the molecule is O=C(C=Cc1cccc(Br)c1)c1cccc(C(F)(F)F)c1. The summed E-state index contributed by atoms with van der Waals surface area (Å²) in [4.78, 5) is 11.9. The van der Waals surface area contributed by atoms with Crippen molar-refractivity contribution < 1.29 is 18.0 Å². The van der Waals surface area contributed by atoms with Gasteiger partial charge < -0.3 is 0 Å². The molecule has 0 saturated carbocycles. The fraction of sp³-hybridized carbons (Fsp3) is 0.0625. The zero-order valence-electron chi connectivity index (χ0n) is 10.7. The van der Waals surface area contributed by atoms with E-state index >= 15 is 0 Å². The minimum Gasteiger partial charge on any atom is -0.289 e. The van der Waals surface area contributed by atoms with Crippen molar-refractivity contribution in [3.63, 3.8) is 0 Å². The summed E-state index contributed by atoms with van der Waals surface area (Å²) in [5.41, 5.74) is -0.0371. The van der Waals surface area contributed by atoms with Crippen molar-refractivity contribution in [2.45, 2.75) is 6.18 Å². The maximum Gasteiger partial charge on any atom is 0.416 e. The van der Waals surface area contributed by atoms with Crippen LogP contribution in [0.5, 0.6) is 0 Å². The molecule has 0 amide bonds.